The summed E-state index contributed by atoms with van der Waals surface area (Å²) in [7, 11) is 0. The van der Waals surface area contributed by atoms with E-state index >= 15 is 0 Å². The van der Waals surface area contributed by atoms with Crippen LogP contribution in [0.5, 0.6) is 5.75 Å². The second-order valence-corrected chi connectivity index (χ2v) is 8.40. The molecule has 2 unspecified atom stereocenters. The van der Waals surface area contributed by atoms with Crippen LogP contribution in [0.15, 0.2) is 30.3 Å². The zero-order valence-corrected chi connectivity index (χ0v) is 18.4. The Hall–Kier alpha value is -2.58. The molecule has 2 heterocycles. The van der Waals surface area contributed by atoms with Crippen LogP contribution in [0, 0.1) is 6.92 Å². The lowest BCUT2D eigenvalue weighted by Crippen LogP contribution is -2.53. The molecule has 2 amide bonds. The number of rotatable bonds is 7. The molecule has 0 aliphatic carbocycles. The van der Waals surface area contributed by atoms with E-state index in [1.807, 2.05) is 6.92 Å². The SMILES string of the molecule is CCCC1CC(=O)NC(n2nc(C)cc2NC(=O)C(C)(C)Oc2ccc(Cl)cc2)N1. The molecule has 0 radical (unpaired) electrons. The molecule has 8 nitrogen and oxygen atoms in total. The second-order valence-electron chi connectivity index (χ2n) is 7.96. The van der Waals surface area contributed by atoms with Crippen LogP contribution in [0.1, 0.15) is 52.0 Å². The first-order valence-electron chi connectivity index (χ1n) is 10.1. The van der Waals surface area contributed by atoms with Crippen molar-refractivity contribution < 1.29 is 14.3 Å². The van der Waals surface area contributed by atoms with Gasteiger partial charge in [0.2, 0.25) is 5.91 Å². The van der Waals surface area contributed by atoms with Crippen LogP contribution in [-0.2, 0) is 9.59 Å². The number of carbonyl (C=O) groups is 2. The molecule has 0 bridgehead atoms. The number of aryl methyl sites for hydroxylation is 1. The van der Waals surface area contributed by atoms with E-state index in [4.69, 9.17) is 16.3 Å². The average molecular weight is 434 g/mol. The summed E-state index contributed by atoms with van der Waals surface area (Å²) in [5.74, 6) is 0.618. The minimum Gasteiger partial charge on any atom is -0.478 e. The molecular weight excluding hydrogens is 406 g/mol. The first-order valence-corrected chi connectivity index (χ1v) is 10.4. The molecule has 1 aromatic heterocycles. The van der Waals surface area contributed by atoms with Crippen molar-refractivity contribution in [3.63, 3.8) is 0 Å². The highest BCUT2D eigenvalue weighted by molar-refractivity contribution is 6.30. The summed E-state index contributed by atoms with van der Waals surface area (Å²) in [5.41, 5.74) is -0.430. The third-order valence-electron chi connectivity index (χ3n) is 4.84. The molecule has 1 saturated heterocycles. The van der Waals surface area contributed by atoms with Crippen molar-refractivity contribution in [3.8, 4) is 5.75 Å². The normalized spacial score (nSPS) is 19.3. The number of hydrogen-bond acceptors (Lipinski definition) is 5. The number of amides is 2. The van der Waals surface area contributed by atoms with Crippen molar-refractivity contribution in [2.45, 2.75) is 64.9 Å². The Bertz CT molecular complexity index is 910. The lowest BCUT2D eigenvalue weighted by atomic mass is 10.1. The van der Waals surface area contributed by atoms with Crippen molar-refractivity contribution in [2.75, 3.05) is 5.32 Å². The van der Waals surface area contributed by atoms with Gasteiger partial charge in [-0.2, -0.15) is 5.10 Å². The van der Waals surface area contributed by atoms with Gasteiger partial charge >= 0.3 is 0 Å². The summed E-state index contributed by atoms with van der Waals surface area (Å²) < 4.78 is 7.45. The van der Waals surface area contributed by atoms with Crippen LogP contribution in [0.4, 0.5) is 5.82 Å². The zero-order valence-electron chi connectivity index (χ0n) is 17.7. The van der Waals surface area contributed by atoms with Gasteiger partial charge in [0.25, 0.3) is 5.91 Å². The van der Waals surface area contributed by atoms with Crippen LogP contribution < -0.4 is 20.7 Å². The summed E-state index contributed by atoms with van der Waals surface area (Å²) >= 11 is 5.91. The van der Waals surface area contributed by atoms with E-state index < -0.39 is 11.9 Å². The van der Waals surface area contributed by atoms with Crippen LogP contribution in [0.2, 0.25) is 5.02 Å². The molecule has 2 atom stereocenters. The fourth-order valence-electron chi connectivity index (χ4n) is 3.34. The van der Waals surface area contributed by atoms with Gasteiger partial charge in [-0.25, -0.2) is 4.68 Å². The van der Waals surface area contributed by atoms with Crippen LogP contribution >= 0.6 is 11.6 Å². The second kappa shape index (κ2) is 9.06. The van der Waals surface area contributed by atoms with Gasteiger partial charge in [-0.1, -0.05) is 24.9 Å². The molecule has 0 saturated carbocycles. The van der Waals surface area contributed by atoms with Crippen molar-refractivity contribution in [1.29, 1.82) is 0 Å². The topological polar surface area (TPSA) is 97.3 Å². The molecule has 30 heavy (non-hydrogen) atoms. The van der Waals surface area contributed by atoms with E-state index in [0.29, 0.717) is 23.0 Å². The number of halogens is 1. The summed E-state index contributed by atoms with van der Waals surface area (Å²) in [5, 5.41) is 14.2. The van der Waals surface area contributed by atoms with Gasteiger partial charge in [0, 0.05) is 23.6 Å². The maximum absolute atomic E-state index is 13.0. The predicted molar refractivity (Wildman–Crippen MR) is 115 cm³/mol. The third-order valence-corrected chi connectivity index (χ3v) is 5.09. The fraction of sp³-hybridized carbons (Fsp3) is 0.476. The highest BCUT2D eigenvalue weighted by Gasteiger charge is 2.33. The Morgan fingerprint density at radius 3 is 2.73 bits per heavy atom. The van der Waals surface area contributed by atoms with Gasteiger partial charge in [-0.05, 0) is 51.5 Å². The molecule has 1 aliphatic rings. The maximum atomic E-state index is 13.0. The standard InChI is InChI=1S/C21H28ClN5O3/c1-5-6-15-12-18(28)25-20(23-15)27-17(11-13(2)26-27)24-19(29)21(3,4)30-16-9-7-14(22)8-10-16/h7-11,15,20,23H,5-6,12H2,1-4H3,(H,24,29)(H,25,28). The number of carbonyl (C=O) groups excluding carboxylic acids is 2. The number of hydrogen-bond donors (Lipinski definition) is 3. The van der Waals surface area contributed by atoms with E-state index in [0.717, 1.165) is 18.5 Å². The van der Waals surface area contributed by atoms with Crippen LogP contribution in [0.25, 0.3) is 0 Å². The molecule has 1 aliphatic heterocycles. The zero-order chi connectivity index (χ0) is 21.9. The maximum Gasteiger partial charge on any atom is 0.269 e. The Morgan fingerprint density at radius 2 is 2.07 bits per heavy atom. The van der Waals surface area contributed by atoms with Gasteiger partial charge in [-0.15, -0.1) is 0 Å². The molecular formula is C21H28ClN5O3. The Kier molecular flexibility index (Phi) is 6.67. The van der Waals surface area contributed by atoms with Gasteiger partial charge in [0.15, 0.2) is 11.9 Å². The van der Waals surface area contributed by atoms with Crippen molar-refractivity contribution in [1.82, 2.24) is 20.4 Å². The molecule has 162 valence electrons. The summed E-state index contributed by atoms with van der Waals surface area (Å²) in [6, 6.07) is 8.64. The van der Waals surface area contributed by atoms with Gasteiger partial charge in [-0.3, -0.25) is 14.9 Å². The average Bonchev–Trinajstić information content (AvgIpc) is 3.03. The first kappa shape index (κ1) is 22.1. The van der Waals surface area contributed by atoms with E-state index in [1.54, 1.807) is 48.9 Å². The van der Waals surface area contributed by atoms with Crippen molar-refractivity contribution in [2.24, 2.45) is 0 Å². The Morgan fingerprint density at radius 1 is 1.37 bits per heavy atom. The van der Waals surface area contributed by atoms with E-state index in [-0.39, 0.29) is 17.9 Å². The molecule has 2 aromatic rings. The van der Waals surface area contributed by atoms with Crippen LogP contribution in [0.3, 0.4) is 0 Å². The quantitative estimate of drug-likeness (QED) is 0.622. The van der Waals surface area contributed by atoms with Gasteiger partial charge in [0.05, 0.1) is 5.69 Å². The highest BCUT2D eigenvalue weighted by Crippen LogP contribution is 2.24. The van der Waals surface area contributed by atoms with Crippen molar-refractivity contribution >= 4 is 29.2 Å². The van der Waals surface area contributed by atoms with E-state index in [2.05, 4.69) is 28.0 Å². The lowest BCUT2D eigenvalue weighted by Gasteiger charge is -2.32. The third kappa shape index (κ3) is 5.31. The number of anilines is 1. The number of ether oxygens (including phenoxy) is 1. The van der Waals surface area contributed by atoms with Gasteiger partial charge < -0.3 is 15.4 Å². The number of aromatic nitrogens is 2. The minimum absolute atomic E-state index is 0.0472. The molecule has 1 aromatic carbocycles. The first-order chi connectivity index (χ1) is 14.2. The molecule has 1 fully saturated rings. The minimum atomic E-state index is -1.15. The molecule has 3 N–H and O–H groups in total. The molecule has 9 heteroatoms. The summed E-state index contributed by atoms with van der Waals surface area (Å²) in [4.78, 5) is 25.1. The van der Waals surface area contributed by atoms with E-state index in [9.17, 15) is 9.59 Å². The predicted octanol–water partition coefficient (Wildman–Crippen LogP) is 3.38. The largest absolute Gasteiger partial charge is 0.478 e. The highest BCUT2D eigenvalue weighted by atomic mass is 35.5. The fourth-order valence-corrected chi connectivity index (χ4v) is 3.47. The monoisotopic (exact) mass is 433 g/mol. The number of nitrogens with one attached hydrogen (secondary N) is 3. The smallest absolute Gasteiger partial charge is 0.269 e. The molecule has 0 spiro atoms. The van der Waals surface area contributed by atoms with E-state index in [1.165, 1.54) is 0 Å². The van der Waals surface area contributed by atoms with Crippen molar-refractivity contribution in [3.05, 3.63) is 41.0 Å². The Balaban J connectivity index is 1.75. The summed E-state index contributed by atoms with van der Waals surface area (Å²) in [6.07, 6.45) is 1.74. The lowest BCUT2D eigenvalue weighted by molar-refractivity contribution is -0.128. The summed E-state index contributed by atoms with van der Waals surface area (Å²) in [6.45, 7) is 7.27. The molecule has 3 rings (SSSR count). The van der Waals surface area contributed by atoms with Crippen LogP contribution in [-0.4, -0.2) is 33.2 Å². The Labute approximate surface area is 181 Å². The number of nitrogens with zero attached hydrogens (tertiary/aromatic N) is 2. The number of benzene rings is 1. The van der Waals surface area contributed by atoms with Gasteiger partial charge in [0.1, 0.15) is 11.6 Å².